The van der Waals surface area contributed by atoms with Crippen LogP contribution in [0.15, 0.2) is 72.8 Å². The van der Waals surface area contributed by atoms with E-state index in [9.17, 15) is 5.11 Å². The van der Waals surface area contributed by atoms with Gasteiger partial charge < -0.3 is 14.0 Å². The fourth-order valence-electron chi connectivity index (χ4n) is 4.14. The third kappa shape index (κ3) is 6.79. The van der Waals surface area contributed by atoms with Gasteiger partial charge in [0.15, 0.2) is 8.32 Å². The molecular formula is C29H46O3Si2. The van der Waals surface area contributed by atoms with Crippen LogP contribution in [0.25, 0.3) is 0 Å². The minimum atomic E-state index is -2.52. The fraction of sp³-hybridized carbons (Fsp3) is 0.517. The first-order valence-corrected chi connectivity index (χ1v) is 17.3. The molecule has 0 unspecified atom stereocenters. The Morgan fingerprint density at radius 2 is 1.29 bits per heavy atom. The van der Waals surface area contributed by atoms with E-state index in [1.54, 1.807) is 0 Å². The highest BCUT2D eigenvalue weighted by atomic mass is 28.4. The van der Waals surface area contributed by atoms with Crippen molar-refractivity contribution in [3.05, 3.63) is 72.8 Å². The summed E-state index contributed by atoms with van der Waals surface area (Å²) in [6.07, 6.45) is 3.80. The van der Waals surface area contributed by atoms with Crippen LogP contribution >= 0.6 is 0 Å². The molecule has 0 radical (unpaired) electrons. The molecule has 0 amide bonds. The Hall–Kier alpha value is -1.51. The summed E-state index contributed by atoms with van der Waals surface area (Å²) >= 11 is 0. The zero-order valence-electron chi connectivity index (χ0n) is 22.8. The lowest BCUT2D eigenvalue weighted by atomic mass is 10.2. The topological polar surface area (TPSA) is 38.7 Å². The van der Waals surface area contributed by atoms with E-state index >= 15 is 0 Å². The van der Waals surface area contributed by atoms with Gasteiger partial charge in [-0.2, -0.15) is 0 Å². The molecule has 0 bridgehead atoms. The maximum Gasteiger partial charge on any atom is 0.261 e. The van der Waals surface area contributed by atoms with E-state index in [1.165, 1.54) is 10.4 Å². The van der Waals surface area contributed by atoms with Crippen LogP contribution in [-0.4, -0.2) is 40.6 Å². The van der Waals surface area contributed by atoms with Gasteiger partial charge in [0.25, 0.3) is 8.32 Å². The van der Waals surface area contributed by atoms with Crippen molar-refractivity contribution in [2.75, 3.05) is 6.61 Å². The van der Waals surface area contributed by atoms with E-state index in [-0.39, 0.29) is 16.2 Å². The first-order valence-electron chi connectivity index (χ1n) is 12.5. The maximum absolute atomic E-state index is 10.7. The van der Waals surface area contributed by atoms with Crippen LogP contribution in [-0.2, 0) is 8.85 Å². The quantitative estimate of drug-likeness (QED) is 0.238. The minimum Gasteiger partial charge on any atom is -0.411 e. The molecule has 2 aromatic rings. The molecule has 0 saturated heterocycles. The zero-order chi connectivity index (χ0) is 25.6. The molecule has 3 nitrogen and oxygen atoms in total. The third-order valence-corrected chi connectivity index (χ3v) is 16.7. The van der Waals surface area contributed by atoms with Gasteiger partial charge in [0.05, 0.1) is 12.2 Å². The SMILES string of the molecule is C[C@H](O[Si](C)(C)C(C)(C)C)[C@@H](O)/C=C/CCO[Si](c1ccccc1)(c1ccccc1)C(C)(C)C. The number of hydrogen-bond donors (Lipinski definition) is 1. The van der Waals surface area contributed by atoms with Crippen molar-refractivity contribution in [1.29, 1.82) is 0 Å². The Bertz CT molecular complexity index is 857. The van der Waals surface area contributed by atoms with Crippen molar-refractivity contribution in [2.45, 2.75) is 90.3 Å². The van der Waals surface area contributed by atoms with E-state index in [1.807, 2.05) is 19.1 Å². The molecule has 0 fully saturated rings. The second-order valence-corrected chi connectivity index (χ2v) is 20.9. The predicted octanol–water partition coefficient (Wildman–Crippen LogP) is 6.28. The molecular weight excluding hydrogens is 452 g/mol. The van der Waals surface area contributed by atoms with Crippen molar-refractivity contribution in [2.24, 2.45) is 0 Å². The fourth-order valence-corrected chi connectivity index (χ4v) is 10.1. The van der Waals surface area contributed by atoms with Gasteiger partial charge in [-0.1, -0.05) is 114 Å². The van der Waals surface area contributed by atoms with Crippen LogP contribution in [0.4, 0.5) is 0 Å². The van der Waals surface area contributed by atoms with Gasteiger partial charge >= 0.3 is 0 Å². The van der Waals surface area contributed by atoms with Crippen LogP contribution in [0.1, 0.15) is 54.9 Å². The summed E-state index contributed by atoms with van der Waals surface area (Å²) in [6, 6.07) is 21.4. The second kappa shape index (κ2) is 11.5. The molecule has 2 rings (SSSR count). The van der Waals surface area contributed by atoms with E-state index in [4.69, 9.17) is 8.85 Å². The van der Waals surface area contributed by atoms with E-state index in [0.717, 1.165) is 6.42 Å². The second-order valence-electron chi connectivity index (χ2n) is 11.8. The number of aliphatic hydroxyl groups excluding tert-OH is 1. The Morgan fingerprint density at radius 1 is 0.824 bits per heavy atom. The summed E-state index contributed by atoms with van der Waals surface area (Å²) in [5.41, 5.74) is 0. The van der Waals surface area contributed by atoms with E-state index in [2.05, 4.69) is 115 Å². The third-order valence-electron chi connectivity index (χ3n) is 7.12. The normalized spacial score (nSPS) is 15.5. The molecule has 1 N–H and O–H groups in total. The smallest absolute Gasteiger partial charge is 0.261 e. The van der Waals surface area contributed by atoms with Gasteiger partial charge in [-0.25, -0.2) is 0 Å². The lowest BCUT2D eigenvalue weighted by molar-refractivity contribution is 0.0691. The summed E-state index contributed by atoms with van der Waals surface area (Å²) < 4.78 is 13.3. The first-order chi connectivity index (χ1) is 15.7. The minimum absolute atomic E-state index is 0.0372. The molecule has 0 aliphatic rings. The molecule has 0 aliphatic heterocycles. The van der Waals surface area contributed by atoms with Crippen molar-refractivity contribution in [3.63, 3.8) is 0 Å². The molecule has 0 aliphatic carbocycles. The number of hydrogen-bond acceptors (Lipinski definition) is 3. The van der Waals surface area contributed by atoms with Crippen molar-refractivity contribution in [1.82, 2.24) is 0 Å². The number of benzene rings is 2. The average molecular weight is 499 g/mol. The van der Waals surface area contributed by atoms with Gasteiger partial charge in [0.2, 0.25) is 0 Å². The average Bonchev–Trinajstić information content (AvgIpc) is 2.75. The first kappa shape index (κ1) is 28.7. The highest BCUT2D eigenvalue weighted by Gasteiger charge is 2.49. The zero-order valence-corrected chi connectivity index (χ0v) is 24.8. The highest BCUT2D eigenvalue weighted by molar-refractivity contribution is 6.99. The molecule has 0 aromatic heterocycles. The van der Waals surface area contributed by atoms with Crippen molar-refractivity contribution < 1.29 is 14.0 Å². The van der Waals surface area contributed by atoms with Gasteiger partial charge in [0.1, 0.15) is 0 Å². The summed E-state index contributed by atoms with van der Waals surface area (Å²) in [6.45, 7) is 20.5. The number of rotatable bonds is 10. The lowest BCUT2D eigenvalue weighted by Gasteiger charge is -2.43. The standard InChI is InChI=1S/C29H46O3Si2/c1-24(32-33(8,9)28(2,3)4)27(30)22-16-17-23-31-34(29(5,6)7,25-18-12-10-13-19-25)26-20-14-11-15-21-26/h10-16,18-22,24,27,30H,17,23H2,1-9H3/b22-16+/t24-,27-/m0/s1. The van der Waals surface area contributed by atoms with Crippen LogP contribution in [0, 0.1) is 0 Å². The summed E-state index contributed by atoms with van der Waals surface area (Å²) in [5.74, 6) is 0. The van der Waals surface area contributed by atoms with Gasteiger partial charge in [-0.05, 0) is 46.9 Å². The highest BCUT2D eigenvalue weighted by Crippen LogP contribution is 2.38. The number of aliphatic hydroxyl groups is 1. The van der Waals surface area contributed by atoms with E-state index < -0.39 is 22.7 Å². The Balaban J connectivity index is 2.15. The molecule has 34 heavy (non-hydrogen) atoms. The molecule has 0 heterocycles. The maximum atomic E-state index is 10.7. The summed E-state index contributed by atoms with van der Waals surface area (Å²) in [7, 11) is -4.44. The van der Waals surface area contributed by atoms with Crippen LogP contribution in [0.3, 0.4) is 0 Å². The Kier molecular flexibility index (Phi) is 9.71. The summed E-state index contributed by atoms with van der Waals surface area (Å²) in [5, 5.41) is 13.3. The lowest BCUT2D eigenvalue weighted by Crippen LogP contribution is -2.66. The summed E-state index contributed by atoms with van der Waals surface area (Å²) in [4.78, 5) is 0. The van der Waals surface area contributed by atoms with Gasteiger partial charge in [-0.3, -0.25) is 0 Å². The van der Waals surface area contributed by atoms with Crippen LogP contribution in [0.5, 0.6) is 0 Å². The molecule has 2 aromatic carbocycles. The largest absolute Gasteiger partial charge is 0.411 e. The van der Waals surface area contributed by atoms with Crippen LogP contribution < -0.4 is 10.4 Å². The van der Waals surface area contributed by atoms with E-state index in [0.29, 0.717) is 6.61 Å². The molecule has 2 atom stereocenters. The monoisotopic (exact) mass is 498 g/mol. The van der Waals surface area contributed by atoms with Gasteiger partial charge in [0, 0.05) is 6.61 Å². The van der Waals surface area contributed by atoms with Crippen molar-refractivity contribution >= 4 is 27.0 Å². The molecule has 0 saturated carbocycles. The Labute approximate surface area is 210 Å². The van der Waals surface area contributed by atoms with Gasteiger partial charge in [-0.15, -0.1) is 0 Å². The molecule has 0 spiro atoms. The predicted molar refractivity (Wildman–Crippen MR) is 151 cm³/mol. The molecule has 188 valence electrons. The molecule has 5 heteroatoms. The van der Waals surface area contributed by atoms with Crippen LogP contribution in [0.2, 0.25) is 23.2 Å². The Morgan fingerprint density at radius 3 is 1.71 bits per heavy atom. The van der Waals surface area contributed by atoms with Crippen molar-refractivity contribution in [3.8, 4) is 0 Å².